The first-order valence-corrected chi connectivity index (χ1v) is 6.96. The van der Waals surface area contributed by atoms with Crippen molar-refractivity contribution >= 4 is 17.3 Å². The lowest BCUT2D eigenvalue weighted by Gasteiger charge is -2.40. The van der Waals surface area contributed by atoms with E-state index in [9.17, 15) is 0 Å². The van der Waals surface area contributed by atoms with Gasteiger partial charge >= 0.3 is 0 Å². The SMILES string of the molecule is CCC1(C)CCN(c2cnccc2CCl)CC1. The Morgan fingerprint density at radius 1 is 1.41 bits per heavy atom. The molecular weight excluding hydrogens is 232 g/mol. The fraction of sp³-hybridized carbons (Fsp3) is 0.643. The maximum atomic E-state index is 5.98. The molecule has 0 saturated carbocycles. The molecule has 0 amide bonds. The Morgan fingerprint density at radius 3 is 2.71 bits per heavy atom. The summed E-state index contributed by atoms with van der Waals surface area (Å²) >= 11 is 5.98. The van der Waals surface area contributed by atoms with E-state index in [0.717, 1.165) is 13.1 Å². The molecule has 2 heterocycles. The summed E-state index contributed by atoms with van der Waals surface area (Å²) in [6.07, 6.45) is 7.57. The van der Waals surface area contributed by atoms with Crippen LogP contribution >= 0.6 is 11.6 Å². The van der Waals surface area contributed by atoms with Crippen molar-refractivity contribution in [3.05, 3.63) is 24.0 Å². The Bertz CT molecular complexity index is 370. The van der Waals surface area contributed by atoms with E-state index in [0.29, 0.717) is 11.3 Å². The molecule has 0 N–H and O–H groups in total. The van der Waals surface area contributed by atoms with Crippen LogP contribution in [-0.4, -0.2) is 18.1 Å². The zero-order valence-corrected chi connectivity index (χ0v) is 11.5. The first-order chi connectivity index (χ1) is 8.18. The second-order valence-electron chi connectivity index (χ2n) is 5.29. The van der Waals surface area contributed by atoms with Crippen molar-refractivity contribution in [2.75, 3.05) is 18.0 Å². The van der Waals surface area contributed by atoms with E-state index in [2.05, 4.69) is 23.7 Å². The minimum Gasteiger partial charge on any atom is -0.370 e. The number of nitrogens with zero attached hydrogens (tertiary/aromatic N) is 2. The molecule has 3 heteroatoms. The lowest BCUT2D eigenvalue weighted by atomic mass is 9.78. The molecule has 94 valence electrons. The highest BCUT2D eigenvalue weighted by atomic mass is 35.5. The van der Waals surface area contributed by atoms with E-state index in [-0.39, 0.29) is 0 Å². The third-order valence-electron chi connectivity index (χ3n) is 4.20. The molecular formula is C14H21ClN2. The smallest absolute Gasteiger partial charge is 0.0597 e. The van der Waals surface area contributed by atoms with Crippen molar-refractivity contribution in [3.63, 3.8) is 0 Å². The molecule has 1 fully saturated rings. The standard InChI is InChI=1S/C14H21ClN2/c1-3-14(2)5-8-17(9-6-14)13-11-16-7-4-12(13)10-15/h4,7,11H,3,5-6,8-10H2,1-2H3. The molecule has 1 aliphatic heterocycles. The molecule has 0 aliphatic carbocycles. The number of anilines is 1. The molecule has 0 spiro atoms. The monoisotopic (exact) mass is 252 g/mol. The van der Waals surface area contributed by atoms with Crippen molar-refractivity contribution < 1.29 is 0 Å². The van der Waals surface area contributed by atoms with Gasteiger partial charge in [0, 0.05) is 25.2 Å². The van der Waals surface area contributed by atoms with Crippen molar-refractivity contribution in [2.45, 2.75) is 39.0 Å². The minimum absolute atomic E-state index is 0.528. The van der Waals surface area contributed by atoms with Gasteiger partial charge in [0.1, 0.15) is 0 Å². The van der Waals surface area contributed by atoms with Gasteiger partial charge in [-0.1, -0.05) is 20.3 Å². The molecule has 0 radical (unpaired) electrons. The molecule has 1 aromatic rings. The molecule has 1 aliphatic rings. The fourth-order valence-electron chi connectivity index (χ4n) is 2.45. The van der Waals surface area contributed by atoms with Crippen LogP contribution in [0, 0.1) is 5.41 Å². The van der Waals surface area contributed by atoms with Gasteiger partial charge in [-0.3, -0.25) is 4.98 Å². The summed E-state index contributed by atoms with van der Waals surface area (Å²) in [5.74, 6) is 0.569. The molecule has 0 atom stereocenters. The highest BCUT2D eigenvalue weighted by molar-refractivity contribution is 6.17. The highest BCUT2D eigenvalue weighted by Crippen LogP contribution is 2.36. The van der Waals surface area contributed by atoms with Crippen LogP contribution in [0.5, 0.6) is 0 Å². The number of piperidine rings is 1. The third-order valence-corrected chi connectivity index (χ3v) is 4.48. The fourth-order valence-corrected chi connectivity index (χ4v) is 2.68. The van der Waals surface area contributed by atoms with Gasteiger partial charge in [0.2, 0.25) is 0 Å². The summed E-state index contributed by atoms with van der Waals surface area (Å²) < 4.78 is 0. The van der Waals surface area contributed by atoms with E-state index >= 15 is 0 Å². The van der Waals surface area contributed by atoms with Crippen LogP contribution in [0.25, 0.3) is 0 Å². The van der Waals surface area contributed by atoms with Gasteiger partial charge in [0.05, 0.1) is 11.9 Å². The van der Waals surface area contributed by atoms with Crippen LogP contribution in [0.4, 0.5) is 5.69 Å². The van der Waals surface area contributed by atoms with Gasteiger partial charge in [-0.05, 0) is 29.9 Å². The van der Waals surface area contributed by atoms with Crippen molar-refractivity contribution in [3.8, 4) is 0 Å². The number of rotatable bonds is 3. The first-order valence-electron chi connectivity index (χ1n) is 6.42. The number of hydrogen-bond donors (Lipinski definition) is 0. The van der Waals surface area contributed by atoms with E-state index in [4.69, 9.17) is 11.6 Å². The number of alkyl halides is 1. The van der Waals surface area contributed by atoms with E-state index in [1.807, 2.05) is 18.5 Å². The summed E-state index contributed by atoms with van der Waals surface area (Å²) in [5, 5.41) is 0. The van der Waals surface area contributed by atoms with E-state index in [1.165, 1.54) is 30.5 Å². The van der Waals surface area contributed by atoms with Gasteiger partial charge in [-0.15, -0.1) is 11.6 Å². The first kappa shape index (κ1) is 12.7. The van der Waals surface area contributed by atoms with Crippen molar-refractivity contribution in [1.29, 1.82) is 0 Å². The van der Waals surface area contributed by atoms with Gasteiger partial charge in [0.25, 0.3) is 0 Å². The third kappa shape index (κ3) is 2.74. The average Bonchev–Trinajstić information content (AvgIpc) is 2.40. The lowest BCUT2D eigenvalue weighted by Crippen LogP contribution is -2.38. The molecule has 17 heavy (non-hydrogen) atoms. The van der Waals surface area contributed by atoms with E-state index < -0.39 is 0 Å². The molecule has 0 aromatic carbocycles. The highest BCUT2D eigenvalue weighted by Gasteiger charge is 2.28. The van der Waals surface area contributed by atoms with Gasteiger partial charge in [-0.2, -0.15) is 0 Å². The summed E-state index contributed by atoms with van der Waals surface area (Å²) in [4.78, 5) is 6.66. The number of pyridine rings is 1. The molecule has 0 unspecified atom stereocenters. The summed E-state index contributed by atoms with van der Waals surface area (Å²) in [5.41, 5.74) is 2.95. The van der Waals surface area contributed by atoms with Crippen LogP contribution < -0.4 is 4.90 Å². The van der Waals surface area contributed by atoms with Crippen LogP contribution in [0.1, 0.15) is 38.7 Å². The Morgan fingerprint density at radius 2 is 2.12 bits per heavy atom. The largest absolute Gasteiger partial charge is 0.370 e. The number of aromatic nitrogens is 1. The lowest BCUT2D eigenvalue weighted by molar-refractivity contribution is 0.238. The van der Waals surface area contributed by atoms with Gasteiger partial charge in [0.15, 0.2) is 0 Å². The van der Waals surface area contributed by atoms with Crippen LogP contribution in [0.3, 0.4) is 0 Å². The Kier molecular flexibility index (Phi) is 3.93. The van der Waals surface area contributed by atoms with E-state index in [1.54, 1.807) is 0 Å². The minimum atomic E-state index is 0.528. The summed E-state index contributed by atoms with van der Waals surface area (Å²) in [7, 11) is 0. The topological polar surface area (TPSA) is 16.1 Å². The van der Waals surface area contributed by atoms with Gasteiger partial charge in [-0.25, -0.2) is 0 Å². The maximum Gasteiger partial charge on any atom is 0.0597 e. The average molecular weight is 253 g/mol. The molecule has 1 saturated heterocycles. The predicted octanol–water partition coefficient (Wildman–Crippen LogP) is 3.84. The normalized spacial score (nSPS) is 19.4. The quantitative estimate of drug-likeness (QED) is 0.760. The maximum absolute atomic E-state index is 5.98. The predicted molar refractivity (Wildman–Crippen MR) is 73.6 cm³/mol. The zero-order chi connectivity index (χ0) is 12.3. The van der Waals surface area contributed by atoms with Crippen molar-refractivity contribution in [1.82, 2.24) is 4.98 Å². The second-order valence-corrected chi connectivity index (χ2v) is 5.56. The summed E-state index contributed by atoms with van der Waals surface area (Å²) in [6.45, 7) is 6.94. The van der Waals surface area contributed by atoms with Crippen LogP contribution in [0.15, 0.2) is 18.5 Å². The van der Waals surface area contributed by atoms with Crippen molar-refractivity contribution in [2.24, 2.45) is 5.41 Å². The second kappa shape index (κ2) is 5.26. The number of hydrogen-bond acceptors (Lipinski definition) is 2. The van der Waals surface area contributed by atoms with Gasteiger partial charge < -0.3 is 4.90 Å². The zero-order valence-electron chi connectivity index (χ0n) is 10.7. The molecule has 2 rings (SSSR count). The summed E-state index contributed by atoms with van der Waals surface area (Å²) in [6, 6.07) is 2.02. The van der Waals surface area contributed by atoms with Crippen LogP contribution in [0.2, 0.25) is 0 Å². The molecule has 1 aromatic heterocycles. The number of halogens is 1. The molecule has 0 bridgehead atoms. The van der Waals surface area contributed by atoms with Crippen LogP contribution in [-0.2, 0) is 5.88 Å². The Hall–Kier alpha value is -0.760. The Balaban J connectivity index is 2.10. The Labute approximate surface area is 109 Å². The molecule has 2 nitrogen and oxygen atoms in total.